The van der Waals surface area contributed by atoms with Gasteiger partial charge in [0.05, 0.1) is 18.4 Å². The smallest absolute Gasteiger partial charge is 0.231 e. The van der Waals surface area contributed by atoms with Crippen LogP contribution in [-0.2, 0) is 14.6 Å². The Labute approximate surface area is 161 Å². The van der Waals surface area contributed by atoms with Crippen LogP contribution in [-0.4, -0.2) is 39.3 Å². The number of rotatable bonds is 3. The highest BCUT2D eigenvalue weighted by Gasteiger charge is 2.51. The zero-order valence-corrected chi connectivity index (χ0v) is 17.6. The zero-order chi connectivity index (χ0) is 19.4. The molecule has 1 aliphatic carbocycles. The molecule has 3 aliphatic rings. The minimum absolute atomic E-state index is 0.0129. The molecular weight excluding hydrogens is 358 g/mol. The van der Waals surface area contributed by atoms with E-state index in [-0.39, 0.29) is 29.8 Å². The molecule has 0 amide bonds. The van der Waals surface area contributed by atoms with Gasteiger partial charge >= 0.3 is 0 Å². The van der Waals surface area contributed by atoms with Crippen LogP contribution >= 0.6 is 0 Å². The Kier molecular flexibility index (Phi) is 4.12. The number of carbonyl (C=O) groups is 1. The molecule has 0 spiro atoms. The van der Waals surface area contributed by atoms with Crippen LogP contribution in [0.25, 0.3) is 0 Å². The zero-order valence-electron chi connectivity index (χ0n) is 16.6. The van der Waals surface area contributed by atoms with Crippen molar-refractivity contribution >= 4 is 20.3 Å². The van der Waals surface area contributed by atoms with E-state index in [0.717, 1.165) is 11.3 Å². The third-order valence-corrected chi connectivity index (χ3v) is 10.9. The predicted molar refractivity (Wildman–Crippen MR) is 107 cm³/mol. The molecular formula is C21H27NO4Si. The number of ether oxygens (including phenoxy) is 2. The van der Waals surface area contributed by atoms with E-state index in [0.29, 0.717) is 12.2 Å². The highest BCUT2D eigenvalue weighted by molar-refractivity contribution is 6.74. The van der Waals surface area contributed by atoms with E-state index in [1.165, 1.54) is 6.21 Å². The quantitative estimate of drug-likeness (QED) is 0.582. The van der Waals surface area contributed by atoms with Gasteiger partial charge in [0.15, 0.2) is 25.6 Å². The van der Waals surface area contributed by atoms with E-state index in [1.807, 2.05) is 24.3 Å². The molecule has 1 aromatic rings. The molecule has 0 bridgehead atoms. The number of carbonyl (C=O) groups excluding carboxylic acids is 1. The second-order valence-corrected chi connectivity index (χ2v) is 13.9. The van der Waals surface area contributed by atoms with Crippen molar-refractivity contribution in [1.82, 2.24) is 0 Å². The Morgan fingerprint density at radius 2 is 1.96 bits per heavy atom. The normalized spacial score (nSPS) is 29.3. The summed E-state index contributed by atoms with van der Waals surface area (Å²) in [6, 6.07) is 5.60. The Bertz CT molecular complexity index is 839. The number of Topliss-reactive ketones (excluding diaryl/α,β-unsaturated/α-hetero) is 1. The number of hydrogen-bond donors (Lipinski definition) is 0. The van der Waals surface area contributed by atoms with Crippen molar-refractivity contribution in [1.29, 1.82) is 0 Å². The van der Waals surface area contributed by atoms with Crippen LogP contribution < -0.4 is 9.47 Å². The monoisotopic (exact) mass is 385 g/mol. The maximum Gasteiger partial charge on any atom is 0.231 e. The van der Waals surface area contributed by atoms with Crippen LogP contribution in [0.15, 0.2) is 35.3 Å². The maximum atomic E-state index is 12.9. The van der Waals surface area contributed by atoms with E-state index in [1.54, 1.807) is 0 Å². The minimum atomic E-state index is -1.90. The molecule has 6 heteroatoms. The molecule has 27 heavy (non-hydrogen) atoms. The molecule has 0 fully saturated rings. The molecule has 0 unspecified atom stereocenters. The van der Waals surface area contributed by atoms with Crippen molar-refractivity contribution in [2.24, 2.45) is 4.99 Å². The van der Waals surface area contributed by atoms with E-state index >= 15 is 0 Å². The second-order valence-electron chi connectivity index (χ2n) is 9.11. The first-order valence-corrected chi connectivity index (χ1v) is 12.4. The van der Waals surface area contributed by atoms with Gasteiger partial charge in [-0.05, 0) is 42.2 Å². The molecule has 5 nitrogen and oxygen atoms in total. The lowest BCUT2D eigenvalue weighted by atomic mass is 9.68. The average Bonchev–Trinajstić information content (AvgIpc) is 3.18. The van der Waals surface area contributed by atoms with Crippen LogP contribution in [0.4, 0.5) is 0 Å². The Morgan fingerprint density at radius 1 is 1.22 bits per heavy atom. The Hall–Kier alpha value is -1.92. The lowest BCUT2D eigenvalue weighted by Crippen LogP contribution is -2.49. The fourth-order valence-corrected chi connectivity index (χ4v) is 5.06. The van der Waals surface area contributed by atoms with Crippen molar-refractivity contribution in [2.45, 2.75) is 62.9 Å². The SMILES string of the molecule is CC(C)(C)[Si](C)(C)O[C@H]1C=C[C@@]2(c3ccc4c(c3)OCO4)C(=O)C=N[C@H]2C1. The van der Waals surface area contributed by atoms with Crippen LogP contribution in [0.5, 0.6) is 11.5 Å². The van der Waals surface area contributed by atoms with E-state index in [2.05, 4.69) is 44.9 Å². The third kappa shape index (κ3) is 2.86. The van der Waals surface area contributed by atoms with Crippen LogP contribution in [0, 0.1) is 0 Å². The molecule has 0 saturated heterocycles. The molecule has 4 rings (SSSR count). The second kappa shape index (κ2) is 6.04. The summed E-state index contributed by atoms with van der Waals surface area (Å²) in [5.41, 5.74) is 0.148. The van der Waals surface area contributed by atoms with Crippen LogP contribution in [0.2, 0.25) is 18.1 Å². The molecule has 3 atom stereocenters. The van der Waals surface area contributed by atoms with Gasteiger partial charge in [-0.2, -0.15) is 0 Å². The molecule has 144 valence electrons. The summed E-state index contributed by atoms with van der Waals surface area (Å²) >= 11 is 0. The lowest BCUT2D eigenvalue weighted by Gasteiger charge is -2.42. The number of aliphatic imine (C=N–C) groups is 1. The highest BCUT2D eigenvalue weighted by atomic mass is 28.4. The summed E-state index contributed by atoms with van der Waals surface area (Å²) in [7, 11) is -1.90. The van der Waals surface area contributed by atoms with Gasteiger partial charge < -0.3 is 13.9 Å². The summed E-state index contributed by atoms with van der Waals surface area (Å²) < 4.78 is 17.5. The standard InChI is InChI=1S/C21H27NO4Si/c1-20(2,3)27(4,5)26-15-8-9-21(18(11-15)22-12-19(21)23)14-6-7-16-17(10-14)25-13-24-16/h6-10,12,15,18H,11,13H2,1-5H3/t15-,18-,21-/m0/s1. The summed E-state index contributed by atoms with van der Waals surface area (Å²) in [5.74, 6) is 1.43. The summed E-state index contributed by atoms with van der Waals surface area (Å²) in [5, 5.41) is 0.140. The summed E-state index contributed by atoms with van der Waals surface area (Å²) in [4.78, 5) is 17.4. The Morgan fingerprint density at radius 3 is 2.70 bits per heavy atom. The molecule has 0 aromatic heterocycles. The first kappa shape index (κ1) is 18.4. The van der Waals surface area contributed by atoms with Crippen molar-refractivity contribution in [3.63, 3.8) is 0 Å². The first-order chi connectivity index (χ1) is 12.6. The van der Waals surface area contributed by atoms with Gasteiger partial charge in [0, 0.05) is 0 Å². The van der Waals surface area contributed by atoms with Crippen molar-refractivity contribution in [3.05, 3.63) is 35.9 Å². The largest absolute Gasteiger partial charge is 0.454 e. The molecule has 2 heterocycles. The van der Waals surface area contributed by atoms with E-state index in [4.69, 9.17) is 13.9 Å². The van der Waals surface area contributed by atoms with Gasteiger partial charge in [0.1, 0.15) is 5.41 Å². The van der Waals surface area contributed by atoms with Crippen molar-refractivity contribution in [3.8, 4) is 11.5 Å². The molecule has 0 radical (unpaired) electrons. The first-order valence-electron chi connectivity index (χ1n) is 9.48. The van der Waals surface area contributed by atoms with Crippen molar-refractivity contribution in [2.75, 3.05) is 6.79 Å². The van der Waals surface area contributed by atoms with E-state index < -0.39 is 13.7 Å². The number of ketones is 1. The van der Waals surface area contributed by atoms with Crippen LogP contribution in [0.1, 0.15) is 32.8 Å². The molecule has 0 N–H and O–H groups in total. The number of fused-ring (bicyclic) bond motifs is 2. The summed E-state index contributed by atoms with van der Waals surface area (Å²) in [6.07, 6.45) is 6.25. The number of hydrogen-bond acceptors (Lipinski definition) is 5. The fraction of sp³-hybridized carbons (Fsp3) is 0.524. The average molecular weight is 386 g/mol. The topological polar surface area (TPSA) is 57.1 Å². The maximum absolute atomic E-state index is 12.9. The van der Waals surface area contributed by atoms with Gasteiger partial charge in [-0.3, -0.25) is 9.79 Å². The van der Waals surface area contributed by atoms with Gasteiger partial charge in [-0.1, -0.05) is 39.0 Å². The highest BCUT2D eigenvalue weighted by Crippen LogP contribution is 2.46. The van der Waals surface area contributed by atoms with Gasteiger partial charge in [0.2, 0.25) is 6.79 Å². The van der Waals surface area contributed by atoms with Gasteiger partial charge in [-0.15, -0.1) is 0 Å². The van der Waals surface area contributed by atoms with Gasteiger partial charge in [0.25, 0.3) is 0 Å². The predicted octanol–water partition coefficient (Wildman–Crippen LogP) is 4.03. The number of nitrogens with zero attached hydrogens (tertiary/aromatic N) is 1. The van der Waals surface area contributed by atoms with Crippen molar-refractivity contribution < 1.29 is 18.7 Å². The molecule has 0 saturated carbocycles. The third-order valence-electron chi connectivity index (χ3n) is 6.44. The lowest BCUT2D eigenvalue weighted by molar-refractivity contribution is -0.116. The Balaban J connectivity index is 1.66. The van der Waals surface area contributed by atoms with Gasteiger partial charge in [-0.25, -0.2) is 0 Å². The minimum Gasteiger partial charge on any atom is -0.454 e. The van der Waals surface area contributed by atoms with Crippen LogP contribution in [0.3, 0.4) is 0 Å². The van der Waals surface area contributed by atoms with E-state index in [9.17, 15) is 4.79 Å². The summed E-state index contributed by atoms with van der Waals surface area (Å²) in [6.45, 7) is 11.4. The molecule has 2 aliphatic heterocycles. The molecule has 1 aromatic carbocycles. The fourth-order valence-electron chi connectivity index (χ4n) is 3.77. The number of benzene rings is 1.